The maximum Gasteiger partial charge on any atom is 0.257 e. The van der Waals surface area contributed by atoms with Crippen LogP contribution in [0.25, 0.3) is 16.3 Å². The van der Waals surface area contributed by atoms with Gasteiger partial charge in [0.1, 0.15) is 5.01 Å². The number of hydrogen-bond donors (Lipinski definition) is 1. The van der Waals surface area contributed by atoms with Gasteiger partial charge >= 0.3 is 0 Å². The molecule has 1 amide bonds. The number of methoxy groups -OCH3 is 2. The van der Waals surface area contributed by atoms with Gasteiger partial charge in [0, 0.05) is 23.5 Å². The Hall–Kier alpha value is -3.72. The minimum absolute atomic E-state index is 0.265. The largest absolute Gasteiger partial charge is 0.493 e. The summed E-state index contributed by atoms with van der Waals surface area (Å²) in [7, 11) is 3.16. The molecule has 30 heavy (non-hydrogen) atoms. The summed E-state index contributed by atoms with van der Waals surface area (Å²) in [5.41, 5.74) is 3.19. The number of ether oxygens (including phenoxy) is 2. The Balaban J connectivity index is 1.54. The highest BCUT2D eigenvalue weighted by atomic mass is 32.1. The molecular weight excluding hydrogens is 402 g/mol. The number of hydrogen-bond acceptors (Lipinski definition) is 7. The van der Waals surface area contributed by atoms with Crippen molar-refractivity contribution in [2.45, 2.75) is 6.92 Å². The molecule has 0 bridgehead atoms. The van der Waals surface area contributed by atoms with Gasteiger partial charge in [-0.3, -0.25) is 10.1 Å². The minimum atomic E-state index is -0.265. The van der Waals surface area contributed by atoms with Crippen molar-refractivity contribution in [1.82, 2.24) is 20.0 Å². The summed E-state index contributed by atoms with van der Waals surface area (Å²) >= 11 is 1.28. The Morgan fingerprint density at radius 3 is 2.63 bits per heavy atom. The molecule has 0 spiro atoms. The summed E-state index contributed by atoms with van der Waals surface area (Å²) in [5.74, 6) is 0.964. The molecule has 9 heteroatoms. The van der Waals surface area contributed by atoms with Gasteiger partial charge in [0.15, 0.2) is 11.5 Å². The van der Waals surface area contributed by atoms with Crippen molar-refractivity contribution in [3.05, 3.63) is 66.0 Å². The standard InChI is InChI=1S/C21H19N5O3S/c1-13-5-6-14(11-16(13)26-10-4-9-22-26)19(27)23-21-25-24-20(30-21)15-7-8-17(28-2)18(12-15)29-3/h4-12H,1-3H3,(H,23,25,27). The molecule has 2 heterocycles. The van der Waals surface area contributed by atoms with Gasteiger partial charge in [-0.1, -0.05) is 17.4 Å². The van der Waals surface area contributed by atoms with E-state index in [1.807, 2.05) is 37.4 Å². The predicted molar refractivity (Wildman–Crippen MR) is 115 cm³/mol. The monoisotopic (exact) mass is 421 g/mol. The summed E-state index contributed by atoms with van der Waals surface area (Å²) < 4.78 is 12.3. The van der Waals surface area contributed by atoms with Gasteiger partial charge in [0.2, 0.25) is 5.13 Å². The predicted octanol–water partition coefficient (Wildman–Crippen LogP) is 3.97. The molecule has 0 fully saturated rings. The minimum Gasteiger partial charge on any atom is -0.493 e. The molecule has 4 rings (SSSR count). The van der Waals surface area contributed by atoms with E-state index in [4.69, 9.17) is 9.47 Å². The van der Waals surface area contributed by atoms with Gasteiger partial charge in [-0.25, -0.2) is 4.68 Å². The van der Waals surface area contributed by atoms with E-state index in [1.54, 1.807) is 43.3 Å². The Bertz CT molecular complexity index is 1190. The molecule has 152 valence electrons. The van der Waals surface area contributed by atoms with Crippen LogP contribution in [0, 0.1) is 6.92 Å². The van der Waals surface area contributed by atoms with E-state index in [2.05, 4.69) is 20.6 Å². The van der Waals surface area contributed by atoms with Crippen LogP contribution >= 0.6 is 11.3 Å². The average Bonchev–Trinajstić information content (AvgIpc) is 3.46. The van der Waals surface area contributed by atoms with Crippen LogP contribution in [0.4, 0.5) is 5.13 Å². The number of nitrogens with one attached hydrogen (secondary N) is 1. The van der Waals surface area contributed by atoms with Gasteiger partial charge in [-0.15, -0.1) is 10.2 Å². The summed E-state index contributed by atoms with van der Waals surface area (Å²) in [6.07, 6.45) is 3.54. The van der Waals surface area contributed by atoms with E-state index in [-0.39, 0.29) is 5.91 Å². The molecule has 0 unspecified atom stereocenters. The fourth-order valence-corrected chi connectivity index (χ4v) is 3.67. The third-order valence-electron chi connectivity index (χ3n) is 4.50. The van der Waals surface area contributed by atoms with E-state index in [0.717, 1.165) is 16.8 Å². The lowest BCUT2D eigenvalue weighted by Crippen LogP contribution is -2.12. The Labute approximate surface area is 177 Å². The zero-order chi connectivity index (χ0) is 21.1. The van der Waals surface area contributed by atoms with Gasteiger partial charge < -0.3 is 9.47 Å². The topological polar surface area (TPSA) is 91.2 Å². The van der Waals surface area contributed by atoms with Crippen LogP contribution in [0.15, 0.2) is 54.9 Å². The Morgan fingerprint density at radius 1 is 1.07 bits per heavy atom. The second kappa shape index (κ2) is 8.34. The Kier molecular flexibility index (Phi) is 5.44. The van der Waals surface area contributed by atoms with Crippen molar-refractivity contribution < 1.29 is 14.3 Å². The van der Waals surface area contributed by atoms with Crippen molar-refractivity contribution >= 4 is 22.4 Å². The van der Waals surface area contributed by atoms with E-state index in [9.17, 15) is 4.79 Å². The second-order valence-electron chi connectivity index (χ2n) is 6.39. The maximum atomic E-state index is 12.7. The molecule has 0 atom stereocenters. The van der Waals surface area contributed by atoms with Crippen molar-refractivity contribution in [2.75, 3.05) is 19.5 Å². The number of carbonyl (C=O) groups excluding carboxylic acids is 1. The normalized spacial score (nSPS) is 10.6. The number of aryl methyl sites for hydroxylation is 1. The molecule has 0 saturated heterocycles. The van der Waals surface area contributed by atoms with Crippen molar-refractivity contribution in [1.29, 1.82) is 0 Å². The van der Waals surface area contributed by atoms with Crippen molar-refractivity contribution in [2.24, 2.45) is 0 Å². The molecule has 1 N–H and O–H groups in total. The molecule has 0 aliphatic heterocycles. The van der Waals surface area contributed by atoms with Gasteiger partial charge in [0.25, 0.3) is 5.91 Å². The lowest BCUT2D eigenvalue weighted by Gasteiger charge is -2.08. The quantitative estimate of drug-likeness (QED) is 0.507. The molecular formula is C21H19N5O3S. The van der Waals surface area contributed by atoms with Crippen LogP contribution in [0.1, 0.15) is 15.9 Å². The van der Waals surface area contributed by atoms with Gasteiger partial charge in [-0.05, 0) is 48.9 Å². The molecule has 0 radical (unpaired) electrons. The highest BCUT2D eigenvalue weighted by molar-refractivity contribution is 7.18. The smallest absolute Gasteiger partial charge is 0.257 e. The SMILES string of the molecule is COc1ccc(-c2nnc(NC(=O)c3ccc(C)c(-n4cccn4)c3)s2)cc1OC. The first-order valence-electron chi connectivity index (χ1n) is 9.07. The summed E-state index contributed by atoms with van der Waals surface area (Å²) in [6, 6.07) is 12.8. The fraction of sp³-hybridized carbons (Fsp3) is 0.143. The zero-order valence-corrected chi connectivity index (χ0v) is 17.4. The number of anilines is 1. The van der Waals surface area contributed by atoms with Crippen LogP contribution in [0.5, 0.6) is 11.5 Å². The summed E-state index contributed by atoms with van der Waals surface area (Å²) in [4.78, 5) is 12.7. The first-order chi connectivity index (χ1) is 14.6. The highest BCUT2D eigenvalue weighted by Gasteiger charge is 2.14. The number of nitrogens with zero attached hydrogens (tertiary/aromatic N) is 4. The van der Waals surface area contributed by atoms with Gasteiger partial charge in [0.05, 0.1) is 19.9 Å². The van der Waals surface area contributed by atoms with E-state index in [0.29, 0.717) is 27.2 Å². The highest BCUT2D eigenvalue weighted by Crippen LogP contribution is 2.34. The first kappa shape index (κ1) is 19.6. The van der Waals surface area contributed by atoms with E-state index < -0.39 is 0 Å². The van der Waals surface area contributed by atoms with Crippen molar-refractivity contribution in [3.8, 4) is 27.8 Å². The number of aromatic nitrogens is 4. The number of benzene rings is 2. The molecule has 2 aromatic heterocycles. The number of rotatable bonds is 6. The maximum absolute atomic E-state index is 12.7. The summed E-state index contributed by atoms with van der Waals surface area (Å²) in [5, 5.41) is 16.4. The van der Waals surface area contributed by atoms with Crippen LogP contribution in [0.3, 0.4) is 0 Å². The molecule has 4 aromatic rings. The van der Waals surface area contributed by atoms with E-state index >= 15 is 0 Å². The average molecular weight is 421 g/mol. The number of carbonyl (C=O) groups is 1. The number of amides is 1. The summed E-state index contributed by atoms with van der Waals surface area (Å²) in [6.45, 7) is 1.97. The molecule has 2 aromatic carbocycles. The molecule has 0 aliphatic carbocycles. The van der Waals surface area contributed by atoms with Crippen LogP contribution < -0.4 is 14.8 Å². The third kappa shape index (κ3) is 3.87. The molecule has 0 saturated carbocycles. The van der Waals surface area contributed by atoms with Gasteiger partial charge in [-0.2, -0.15) is 5.10 Å². The fourth-order valence-electron chi connectivity index (χ4n) is 2.94. The zero-order valence-electron chi connectivity index (χ0n) is 16.6. The van der Waals surface area contributed by atoms with Crippen LogP contribution in [0.2, 0.25) is 0 Å². The molecule has 0 aliphatic rings. The van der Waals surface area contributed by atoms with E-state index in [1.165, 1.54) is 11.3 Å². The molecule has 8 nitrogen and oxygen atoms in total. The lowest BCUT2D eigenvalue weighted by molar-refractivity contribution is 0.102. The lowest BCUT2D eigenvalue weighted by atomic mass is 10.1. The second-order valence-corrected chi connectivity index (χ2v) is 7.37. The Morgan fingerprint density at radius 2 is 1.90 bits per heavy atom. The third-order valence-corrected chi connectivity index (χ3v) is 5.39. The van der Waals surface area contributed by atoms with Crippen LogP contribution in [-0.2, 0) is 0 Å². The van der Waals surface area contributed by atoms with Crippen molar-refractivity contribution in [3.63, 3.8) is 0 Å². The first-order valence-corrected chi connectivity index (χ1v) is 9.88. The van der Waals surface area contributed by atoms with Crippen LogP contribution in [-0.4, -0.2) is 40.1 Å².